The van der Waals surface area contributed by atoms with Gasteiger partial charge in [-0.05, 0) is 300 Å². The van der Waals surface area contributed by atoms with Crippen LogP contribution in [-0.4, -0.2) is 0 Å². The highest BCUT2D eigenvalue weighted by Gasteiger charge is 2.31. The average molecular weight is 937 g/mol. The molecule has 3 heterocycles. The highest BCUT2D eigenvalue weighted by Crippen LogP contribution is 2.57. The van der Waals surface area contributed by atoms with Gasteiger partial charge in [-0.2, -0.15) is 0 Å². The molecule has 3 aliphatic rings. The van der Waals surface area contributed by atoms with Gasteiger partial charge in [0.15, 0.2) is 23.0 Å². The number of fused-ring (bicyclic) bond motifs is 6. The topological polar surface area (TPSA) is 27.7 Å². The SMILES string of the molecule is Cc1c(C)c(C)c2c(c1C)Oc1c(C)c(C)c(C)c(C)c1O2.Cc1c(C)c(C)c2c(c1C)Oc1c(C)c(C)c(C)c(C)c1S2.Cc1c(C)c(C)c2c(c1C)Sc1c(C)c(C)c(C)c(C)c1S2. The van der Waals surface area contributed by atoms with Crippen LogP contribution in [0.1, 0.15) is 134 Å². The summed E-state index contributed by atoms with van der Waals surface area (Å²) in [6.45, 7) is 52.8. The normalized spacial score (nSPS) is 12.7. The van der Waals surface area contributed by atoms with Gasteiger partial charge < -0.3 is 14.2 Å². The summed E-state index contributed by atoms with van der Waals surface area (Å²) in [7, 11) is 0. The Kier molecular flexibility index (Phi) is 13.6. The standard InChI is InChI=1S/C20H24O2.C20H24OS.C20H24S2/c1-9-10(2)14(6)18-17(13(9)5)21-19-15(7)11(3)12(4)16(8)20(19)22-18;1-9-11(3)15(7)19-17(13(9)5)21-18-14(6)10(2)12(4)16(8)20(18)22-19;1-9-10(2)14(6)18-17(13(9)5)21-19-15(7)11(3)12(4)16(8)20(19)22-18/h3*1-8H3. The molecule has 0 N–H and O–H groups in total. The molecule has 0 aliphatic carbocycles. The number of hydrogen-bond donors (Lipinski definition) is 0. The second-order valence-corrected chi connectivity index (χ2v) is 22.6. The smallest absolute Gasteiger partial charge is 0.173 e. The third kappa shape index (κ3) is 7.70. The number of benzene rings is 6. The van der Waals surface area contributed by atoms with Crippen molar-refractivity contribution in [2.24, 2.45) is 0 Å². The molecule has 0 radical (unpaired) electrons. The van der Waals surface area contributed by atoms with E-state index < -0.39 is 0 Å². The summed E-state index contributed by atoms with van der Waals surface area (Å²) >= 11 is 5.86. The van der Waals surface area contributed by atoms with Crippen molar-refractivity contribution in [1.82, 2.24) is 0 Å². The summed E-state index contributed by atoms with van der Waals surface area (Å²) in [4.78, 5) is 8.48. The quantitative estimate of drug-likeness (QED) is 0.150. The van der Waals surface area contributed by atoms with Crippen LogP contribution < -0.4 is 14.2 Å². The van der Waals surface area contributed by atoms with E-state index in [1.165, 1.54) is 163 Å². The molecule has 0 spiro atoms. The second-order valence-electron chi connectivity index (χ2n) is 19.6. The summed E-state index contributed by atoms with van der Waals surface area (Å²) in [6, 6.07) is 0. The highest BCUT2D eigenvalue weighted by molar-refractivity contribution is 8.05. The zero-order valence-corrected chi connectivity index (χ0v) is 46.9. The lowest BCUT2D eigenvalue weighted by atomic mass is 9.94. The van der Waals surface area contributed by atoms with Crippen molar-refractivity contribution in [3.63, 3.8) is 0 Å². The van der Waals surface area contributed by atoms with Gasteiger partial charge in [0.1, 0.15) is 11.5 Å². The third-order valence-corrected chi connectivity index (χ3v) is 21.2. The summed E-state index contributed by atoms with van der Waals surface area (Å²) < 4.78 is 19.1. The molecule has 348 valence electrons. The van der Waals surface area contributed by atoms with E-state index in [1.54, 1.807) is 0 Å². The Morgan fingerprint density at radius 2 is 0.288 bits per heavy atom. The molecule has 6 heteroatoms. The maximum Gasteiger partial charge on any atom is 0.173 e. The van der Waals surface area contributed by atoms with Crippen molar-refractivity contribution in [3.8, 4) is 34.5 Å². The molecule has 3 aliphatic heterocycles. The van der Waals surface area contributed by atoms with Crippen molar-refractivity contribution >= 4 is 35.3 Å². The van der Waals surface area contributed by atoms with E-state index in [4.69, 9.17) is 14.2 Å². The lowest BCUT2D eigenvalue weighted by Crippen LogP contribution is -2.09. The maximum absolute atomic E-state index is 6.45. The minimum absolute atomic E-state index is 0.874. The Labute approximate surface area is 410 Å². The van der Waals surface area contributed by atoms with Gasteiger partial charge in [-0.1, -0.05) is 35.3 Å². The van der Waals surface area contributed by atoms with Crippen molar-refractivity contribution < 1.29 is 14.2 Å². The summed E-state index contributed by atoms with van der Waals surface area (Å²) in [5.74, 6) is 5.61. The fourth-order valence-electron chi connectivity index (χ4n) is 9.55. The lowest BCUT2D eigenvalue weighted by molar-refractivity contribution is 0.350. The first-order valence-electron chi connectivity index (χ1n) is 23.4. The van der Waals surface area contributed by atoms with E-state index >= 15 is 0 Å². The van der Waals surface area contributed by atoms with E-state index in [9.17, 15) is 0 Å². The van der Waals surface area contributed by atoms with Crippen LogP contribution in [0.2, 0.25) is 0 Å². The molecule has 3 nitrogen and oxygen atoms in total. The van der Waals surface area contributed by atoms with Crippen LogP contribution in [0.4, 0.5) is 0 Å². The van der Waals surface area contributed by atoms with E-state index in [0.29, 0.717) is 0 Å². The summed E-state index contributed by atoms with van der Waals surface area (Å²) in [6.07, 6.45) is 0. The van der Waals surface area contributed by atoms with Crippen LogP contribution in [0.15, 0.2) is 29.4 Å². The van der Waals surface area contributed by atoms with Gasteiger partial charge in [-0.25, -0.2) is 0 Å². The van der Waals surface area contributed by atoms with E-state index in [2.05, 4.69) is 166 Å². The molecular weight excluding hydrogens is 865 g/mol. The molecule has 0 saturated heterocycles. The molecular formula is C60H72O3S3. The molecule has 0 amide bonds. The average Bonchev–Trinajstić information content (AvgIpc) is 3.32. The zero-order chi connectivity index (χ0) is 49.0. The van der Waals surface area contributed by atoms with Crippen molar-refractivity contribution in [3.05, 3.63) is 134 Å². The monoisotopic (exact) mass is 936 g/mol. The van der Waals surface area contributed by atoms with Gasteiger partial charge in [0.05, 0.1) is 9.79 Å². The fraction of sp³-hybridized carbons (Fsp3) is 0.400. The first-order chi connectivity index (χ1) is 30.8. The van der Waals surface area contributed by atoms with E-state index in [0.717, 1.165) is 34.5 Å². The highest BCUT2D eigenvalue weighted by atomic mass is 32.2. The predicted molar refractivity (Wildman–Crippen MR) is 285 cm³/mol. The Bertz CT molecular complexity index is 2370. The van der Waals surface area contributed by atoms with E-state index in [-0.39, 0.29) is 0 Å². The maximum atomic E-state index is 6.45. The Hall–Kier alpha value is -4.23. The first-order valence-corrected chi connectivity index (χ1v) is 25.9. The summed E-state index contributed by atoms with van der Waals surface area (Å²) in [5, 5.41) is 0. The number of ether oxygens (including phenoxy) is 3. The van der Waals surface area contributed by atoms with Crippen molar-refractivity contribution in [2.45, 2.75) is 196 Å². The molecule has 6 aromatic rings. The Morgan fingerprint density at radius 3 is 0.500 bits per heavy atom. The van der Waals surface area contributed by atoms with Gasteiger partial charge >= 0.3 is 0 Å². The fourth-order valence-corrected chi connectivity index (χ4v) is 14.1. The molecule has 66 heavy (non-hydrogen) atoms. The van der Waals surface area contributed by atoms with Crippen LogP contribution in [-0.2, 0) is 0 Å². The van der Waals surface area contributed by atoms with E-state index in [1.807, 2.05) is 35.3 Å². The van der Waals surface area contributed by atoms with Gasteiger partial charge in [0, 0.05) is 19.6 Å². The first kappa shape index (κ1) is 49.7. The molecule has 0 aromatic heterocycles. The third-order valence-electron chi connectivity index (χ3n) is 16.7. The lowest BCUT2D eigenvalue weighted by Gasteiger charge is -2.29. The van der Waals surface area contributed by atoms with Crippen molar-refractivity contribution in [1.29, 1.82) is 0 Å². The summed E-state index contributed by atoms with van der Waals surface area (Å²) in [5.41, 5.74) is 32.1. The van der Waals surface area contributed by atoms with Gasteiger partial charge in [0.25, 0.3) is 0 Å². The molecule has 0 fully saturated rings. The molecule has 0 unspecified atom stereocenters. The van der Waals surface area contributed by atoms with Crippen LogP contribution in [0.25, 0.3) is 0 Å². The van der Waals surface area contributed by atoms with Gasteiger partial charge in [0.2, 0.25) is 0 Å². The predicted octanol–water partition coefficient (Wildman–Crippen LogP) is 19.2. The van der Waals surface area contributed by atoms with Crippen LogP contribution >= 0.6 is 35.3 Å². The largest absolute Gasteiger partial charge is 0.454 e. The molecule has 0 bridgehead atoms. The zero-order valence-electron chi connectivity index (χ0n) is 44.4. The van der Waals surface area contributed by atoms with Gasteiger partial charge in [-0.3, -0.25) is 0 Å². The second kappa shape index (κ2) is 18.0. The van der Waals surface area contributed by atoms with Crippen LogP contribution in [0.5, 0.6) is 34.5 Å². The minimum atomic E-state index is 0.874. The Morgan fingerprint density at radius 1 is 0.152 bits per heavy atom. The molecule has 9 rings (SSSR count). The Balaban J connectivity index is 0.000000147. The number of rotatable bonds is 0. The van der Waals surface area contributed by atoms with Gasteiger partial charge in [-0.15, -0.1) is 0 Å². The molecule has 0 saturated carbocycles. The van der Waals surface area contributed by atoms with Crippen molar-refractivity contribution in [2.75, 3.05) is 0 Å². The minimum Gasteiger partial charge on any atom is -0.454 e. The van der Waals surface area contributed by atoms with Crippen LogP contribution in [0, 0.1) is 166 Å². The number of hydrogen-bond acceptors (Lipinski definition) is 6. The van der Waals surface area contributed by atoms with Crippen LogP contribution in [0.3, 0.4) is 0 Å². The molecule has 0 atom stereocenters. The molecule has 6 aromatic carbocycles.